The second-order valence-electron chi connectivity index (χ2n) is 4.75. The average molecular weight is 308 g/mol. The molecule has 0 aliphatic carbocycles. The van der Waals surface area contributed by atoms with Gasteiger partial charge in [-0.2, -0.15) is 11.8 Å². The van der Waals surface area contributed by atoms with Crippen molar-refractivity contribution in [1.82, 2.24) is 5.32 Å². The molecule has 1 aliphatic heterocycles. The first kappa shape index (κ1) is 14.4. The second-order valence-corrected chi connectivity index (χ2v) is 6.62. The van der Waals surface area contributed by atoms with E-state index in [0.717, 1.165) is 11.8 Å². The van der Waals surface area contributed by atoms with E-state index in [9.17, 15) is 4.79 Å². The summed E-state index contributed by atoms with van der Waals surface area (Å²) in [5.74, 6) is 3.80. The van der Waals surface area contributed by atoms with Gasteiger partial charge in [0, 0.05) is 17.8 Å². The summed E-state index contributed by atoms with van der Waals surface area (Å²) in [6, 6.07) is 0.268. The number of rotatable bonds is 5. The molecule has 0 saturated carbocycles. The first-order valence-electron chi connectivity index (χ1n) is 6.06. The SMILES string of the molecule is CC(CBr)C(C)NC(=O)CC1CCSCC1. The van der Waals surface area contributed by atoms with Gasteiger partial charge in [-0.1, -0.05) is 22.9 Å². The molecule has 0 aromatic carbocycles. The number of halogens is 1. The number of thioether (sulfide) groups is 1. The molecule has 0 bridgehead atoms. The minimum absolute atomic E-state index is 0.234. The van der Waals surface area contributed by atoms with E-state index in [-0.39, 0.29) is 11.9 Å². The lowest BCUT2D eigenvalue weighted by Gasteiger charge is -2.23. The number of nitrogens with one attached hydrogen (secondary N) is 1. The molecule has 1 rings (SSSR count). The zero-order valence-corrected chi connectivity index (χ0v) is 12.6. The van der Waals surface area contributed by atoms with Crippen LogP contribution in [0.15, 0.2) is 0 Å². The van der Waals surface area contributed by atoms with Gasteiger partial charge in [-0.25, -0.2) is 0 Å². The van der Waals surface area contributed by atoms with Crippen LogP contribution in [-0.4, -0.2) is 28.8 Å². The van der Waals surface area contributed by atoms with Crippen LogP contribution < -0.4 is 5.32 Å². The van der Waals surface area contributed by atoms with Crippen LogP contribution >= 0.6 is 27.7 Å². The highest BCUT2D eigenvalue weighted by Crippen LogP contribution is 2.25. The van der Waals surface area contributed by atoms with Crippen molar-refractivity contribution in [3.63, 3.8) is 0 Å². The Labute approximate surface area is 111 Å². The van der Waals surface area contributed by atoms with Gasteiger partial charge in [-0.05, 0) is 43.1 Å². The van der Waals surface area contributed by atoms with E-state index in [1.54, 1.807) is 0 Å². The standard InChI is InChI=1S/C12H22BrNOS/c1-9(8-13)10(2)14-12(15)7-11-3-5-16-6-4-11/h9-11H,3-8H2,1-2H3,(H,14,15). The highest BCUT2D eigenvalue weighted by molar-refractivity contribution is 9.09. The van der Waals surface area contributed by atoms with E-state index in [1.165, 1.54) is 24.3 Å². The van der Waals surface area contributed by atoms with Crippen molar-refractivity contribution >= 4 is 33.6 Å². The molecule has 4 heteroatoms. The van der Waals surface area contributed by atoms with Crippen LogP contribution in [0.3, 0.4) is 0 Å². The van der Waals surface area contributed by atoms with Gasteiger partial charge in [-0.3, -0.25) is 4.79 Å². The number of carbonyl (C=O) groups excluding carboxylic acids is 1. The Morgan fingerprint density at radius 2 is 2.06 bits per heavy atom. The maximum Gasteiger partial charge on any atom is 0.220 e. The predicted molar refractivity (Wildman–Crippen MR) is 75.2 cm³/mol. The van der Waals surface area contributed by atoms with Gasteiger partial charge in [0.25, 0.3) is 0 Å². The molecule has 16 heavy (non-hydrogen) atoms. The Balaban J connectivity index is 2.23. The lowest BCUT2D eigenvalue weighted by molar-refractivity contribution is -0.122. The van der Waals surface area contributed by atoms with Crippen molar-refractivity contribution in [3.8, 4) is 0 Å². The molecule has 2 atom stereocenters. The van der Waals surface area contributed by atoms with Crippen molar-refractivity contribution in [3.05, 3.63) is 0 Å². The Kier molecular flexibility index (Phi) is 6.81. The van der Waals surface area contributed by atoms with Gasteiger partial charge in [0.15, 0.2) is 0 Å². The van der Waals surface area contributed by atoms with Gasteiger partial charge >= 0.3 is 0 Å². The summed E-state index contributed by atoms with van der Waals surface area (Å²) in [4.78, 5) is 11.8. The molecule has 0 aromatic heterocycles. The fourth-order valence-electron chi connectivity index (χ4n) is 1.80. The molecule has 94 valence electrons. The third-order valence-electron chi connectivity index (χ3n) is 3.30. The summed E-state index contributed by atoms with van der Waals surface area (Å²) < 4.78 is 0. The van der Waals surface area contributed by atoms with Crippen LogP contribution in [0.2, 0.25) is 0 Å². The number of hydrogen-bond acceptors (Lipinski definition) is 2. The third-order valence-corrected chi connectivity index (χ3v) is 5.37. The lowest BCUT2D eigenvalue weighted by atomic mass is 9.98. The van der Waals surface area contributed by atoms with Gasteiger partial charge in [0.2, 0.25) is 5.91 Å². The Hall–Kier alpha value is 0.300. The van der Waals surface area contributed by atoms with Gasteiger partial charge in [-0.15, -0.1) is 0 Å². The van der Waals surface area contributed by atoms with Gasteiger partial charge < -0.3 is 5.32 Å². The normalized spacial score (nSPS) is 21.4. The average Bonchev–Trinajstić information content (AvgIpc) is 2.29. The molecular formula is C12H22BrNOS. The molecule has 1 fully saturated rings. The molecule has 0 spiro atoms. The second kappa shape index (κ2) is 7.59. The number of carbonyl (C=O) groups is 1. The first-order chi connectivity index (χ1) is 7.63. The van der Waals surface area contributed by atoms with E-state index < -0.39 is 0 Å². The summed E-state index contributed by atoms with van der Waals surface area (Å²) in [7, 11) is 0. The number of alkyl halides is 1. The molecule has 1 N–H and O–H groups in total. The lowest BCUT2D eigenvalue weighted by Crippen LogP contribution is -2.38. The molecule has 1 heterocycles. The summed E-state index contributed by atoms with van der Waals surface area (Å²) in [5.41, 5.74) is 0. The fraction of sp³-hybridized carbons (Fsp3) is 0.917. The monoisotopic (exact) mass is 307 g/mol. The summed E-state index contributed by atoms with van der Waals surface area (Å²) in [6.07, 6.45) is 3.14. The largest absolute Gasteiger partial charge is 0.353 e. The highest BCUT2D eigenvalue weighted by atomic mass is 79.9. The quantitative estimate of drug-likeness (QED) is 0.791. The van der Waals surface area contributed by atoms with Crippen LogP contribution in [0.25, 0.3) is 0 Å². The number of amides is 1. The van der Waals surface area contributed by atoms with Crippen molar-refractivity contribution < 1.29 is 4.79 Å². The summed E-state index contributed by atoms with van der Waals surface area (Å²) in [5, 5.41) is 4.04. The Morgan fingerprint density at radius 1 is 1.44 bits per heavy atom. The molecule has 1 aliphatic rings. The van der Waals surface area contributed by atoms with Crippen LogP contribution in [0.5, 0.6) is 0 Å². The van der Waals surface area contributed by atoms with Crippen LogP contribution in [0, 0.1) is 11.8 Å². The van der Waals surface area contributed by atoms with Crippen molar-refractivity contribution in [2.24, 2.45) is 11.8 Å². The van der Waals surface area contributed by atoms with Crippen LogP contribution in [-0.2, 0) is 4.79 Å². The summed E-state index contributed by atoms with van der Waals surface area (Å²) >= 11 is 5.46. The molecule has 1 saturated heterocycles. The van der Waals surface area contributed by atoms with Crippen molar-refractivity contribution in [1.29, 1.82) is 0 Å². The summed E-state index contributed by atoms with van der Waals surface area (Å²) in [6.45, 7) is 4.23. The molecule has 0 aromatic rings. The molecule has 1 amide bonds. The fourth-order valence-corrected chi connectivity index (χ4v) is 3.57. The maximum absolute atomic E-state index is 11.8. The van der Waals surface area contributed by atoms with E-state index in [4.69, 9.17) is 0 Å². The zero-order valence-electron chi connectivity index (χ0n) is 10.2. The van der Waals surface area contributed by atoms with Gasteiger partial charge in [0.05, 0.1) is 0 Å². The topological polar surface area (TPSA) is 29.1 Å². The minimum atomic E-state index is 0.234. The number of hydrogen-bond donors (Lipinski definition) is 1. The first-order valence-corrected chi connectivity index (χ1v) is 8.34. The van der Waals surface area contributed by atoms with Crippen molar-refractivity contribution in [2.75, 3.05) is 16.8 Å². The molecule has 2 unspecified atom stereocenters. The van der Waals surface area contributed by atoms with E-state index in [0.29, 0.717) is 11.8 Å². The van der Waals surface area contributed by atoms with E-state index >= 15 is 0 Å². The maximum atomic E-state index is 11.8. The van der Waals surface area contributed by atoms with Crippen LogP contribution in [0.4, 0.5) is 0 Å². The zero-order chi connectivity index (χ0) is 12.0. The highest BCUT2D eigenvalue weighted by Gasteiger charge is 2.19. The minimum Gasteiger partial charge on any atom is -0.353 e. The van der Waals surface area contributed by atoms with E-state index in [1.807, 2.05) is 11.8 Å². The predicted octanol–water partition coefficient (Wildman–Crippen LogP) is 3.06. The molecular weight excluding hydrogens is 286 g/mol. The Bertz CT molecular complexity index is 213. The van der Waals surface area contributed by atoms with Gasteiger partial charge in [0.1, 0.15) is 0 Å². The third kappa shape index (κ3) is 5.09. The molecule has 0 radical (unpaired) electrons. The van der Waals surface area contributed by atoms with E-state index in [2.05, 4.69) is 35.1 Å². The Morgan fingerprint density at radius 3 is 2.62 bits per heavy atom. The van der Waals surface area contributed by atoms with Crippen molar-refractivity contribution in [2.45, 2.75) is 39.2 Å². The smallest absolute Gasteiger partial charge is 0.220 e. The molecule has 2 nitrogen and oxygen atoms in total. The van der Waals surface area contributed by atoms with Crippen LogP contribution in [0.1, 0.15) is 33.1 Å².